The summed E-state index contributed by atoms with van der Waals surface area (Å²) >= 11 is 0. The van der Waals surface area contributed by atoms with Gasteiger partial charge in [0.15, 0.2) is 6.10 Å². The number of hydrogen-bond acceptors (Lipinski definition) is 4. The van der Waals surface area contributed by atoms with Crippen LogP contribution in [0.1, 0.15) is 34.8 Å². The van der Waals surface area contributed by atoms with Crippen LogP contribution in [-0.4, -0.2) is 30.3 Å². The van der Waals surface area contributed by atoms with E-state index < -0.39 is 18.0 Å². The van der Waals surface area contributed by atoms with Crippen molar-refractivity contribution in [3.63, 3.8) is 0 Å². The van der Waals surface area contributed by atoms with Crippen LogP contribution in [0.25, 0.3) is 0 Å². The normalized spacial score (nSPS) is 17.7. The average Bonchev–Trinajstić information content (AvgIpc) is 3.06. The molecule has 5 heteroatoms. The van der Waals surface area contributed by atoms with E-state index in [-0.39, 0.29) is 24.7 Å². The first kappa shape index (κ1) is 18.8. The van der Waals surface area contributed by atoms with Gasteiger partial charge in [-0.15, -0.1) is 0 Å². The fraction of sp³-hybridized carbons (Fsp3) is 0.318. The van der Waals surface area contributed by atoms with Gasteiger partial charge >= 0.3 is 5.97 Å². The molecule has 1 aliphatic rings. The molecular formula is C22H23NO4. The summed E-state index contributed by atoms with van der Waals surface area (Å²) in [7, 11) is 0. The lowest BCUT2D eigenvalue weighted by Gasteiger charge is -2.18. The monoisotopic (exact) mass is 365 g/mol. The van der Waals surface area contributed by atoms with Gasteiger partial charge in [-0.25, -0.2) is 0 Å². The molecule has 1 amide bonds. The summed E-state index contributed by atoms with van der Waals surface area (Å²) in [6.45, 7) is 5.83. The number of benzene rings is 2. The lowest BCUT2D eigenvalue weighted by atomic mass is 10.1. The number of rotatable bonds is 5. The lowest BCUT2D eigenvalue weighted by Crippen LogP contribution is -2.30. The molecule has 140 valence electrons. The van der Waals surface area contributed by atoms with Crippen LogP contribution in [0.5, 0.6) is 0 Å². The number of hydrogen-bond donors (Lipinski definition) is 0. The molecule has 2 atom stereocenters. The maximum absolute atomic E-state index is 12.5. The summed E-state index contributed by atoms with van der Waals surface area (Å²) in [6.07, 6.45) is -0.788. The fourth-order valence-electron chi connectivity index (χ4n) is 3.17. The summed E-state index contributed by atoms with van der Waals surface area (Å²) in [4.78, 5) is 38.8. The average molecular weight is 365 g/mol. The number of nitrogens with zero attached hydrogens (tertiary/aromatic N) is 1. The Hall–Kier alpha value is -2.95. The Morgan fingerprint density at radius 1 is 1.07 bits per heavy atom. The molecule has 0 aromatic heterocycles. The van der Waals surface area contributed by atoms with Crippen LogP contribution in [0.3, 0.4) is 0 Å². The van der Waals surface area contributed by atoms with Gasteiger partial charge in [0.2, 0.25) is 11.7 Å². The van der Waals surface area contributed by atoms with E-state index in [4.69, 9.17) is 4.74 Å². The molecule has 2 aromatic rings. The Balaban J connectivity index is 1.65. The zero-order valence-corrected chi connectivity index (χ0v) is 15.8. The lowest BCUT2D eigenvalue weighted by molar-refractivity contribution is -0.151. The van der Waals surface area contributed by atoms with Crippen molar-refractivity contribution in [2.75, 3.05) is 11.4 Å². The molecule has 2 aromatic carbocycles. The molecule has 0 spiro atoms. The van der Waals surface area contributed by atoms with Gasteiger partial charge in [0.25, 0.3) is 0 Å². The maximum Gasteiger partial charge on any atom is 0.312 e. The molecule has 27 heavy (non-hydrogen) atoms. The second-order valence-corrected chi connectivity index (χ2v) is 6.98. The number of amides is 1. The molecule has 1 fully saturated rings. The van der Waals surface area contributed by atoms with Gasteiger partial charge in [-0.05, 0) is 44.0 Å². The topological polar surface area (TPSA) is 63.7 Å². The van der Waals surface area contributed by atoms with Gasteiger partial charge in [-0.1, -0.05) is 36.4 Å². The fourth-order valence-corrected chi connectivity index (χ4v) is 3.17. The van der Waals surface area contributed by atoms with Gasteiger partial charge in [-0.3, -0.25) is 14.4 Å². The maximum atomic E-state index is 12.5. The highest BCUT2D eigenvalue weighted by Gasteiger charge is 2.37. The third kappa shape index (κ3) is 4.08. The Morgan fingerprint density at radius 2 is 1.78 bits per heavy atom. The molecule has 0 radical (unpaired) electrons. The molecule has 1 saturated heterocycles. The first-order chi connectivity index (χ1) is 12.9. The van der Waals surface area contributed by atoms with Gasteiger partial charge in [0.05, 0.1) is 5.92 Å². The Bertz CT molecular complexity index is 875. The first-order valence-electron chi connectivity index (χ1n) is 9.04. The molecule has 1 heterocycles. The van der Waals surface area contributed by atoms with E-state index in [0.717, 1.165) is 16.8 Å². The number of ether oxygens (including phenoxy) is 1. The number of anilines is 1. The zero-order valence-electron chi connectivity index (χ0n) is 15.8. The van der Waals surface area contributed by atoms with Crippen molar-refractivity contribution < 1.29 is 19.1 Å². The van der Waals surface area contributed by atoms with Crippen molar-refractivity contribution in [3.05, 3.63) is 65.2 Å². The number of carbonyl (C=O) groups is 3. The van der Waals surface area contributed by atoms with E-state index in [0.29, 0.717) is 5.56 Å². The Labute approximate surface area is 158 Å². The second-order valence-electron chi connectivity index (χ2n) is 6.98. The molecule has 0 N–H and O–H groups in total. The quantitative estimate of drug-likeness (QED) is 0.601. The van der Waals surface area contributed by atoms with E-state index in [1.807, 2.05) is 38.1 Å². The predicted octanol–water partition coefficient (Wildman–Crippen LogP) is 3.47. The summed E-state index contributed by atoms with van der Waals surface area (Å²) in [5, 5.41) is 0. The standard InChI is InChI=1S/C22H23NO4/c1-14-9-10-19(11-15(14)2)23-13-18(12-20(23)24)22(26)27-16(3)21(25)17-7-5-4-6-8-17/h4-11,16,18H,12-13H2,1-3H3/t16-,18-/m0/s1. The molecule has 3 rings (SSSR count). The highest BCUT2D eigenvalue weighted by molar-refractivity contribution is 6.02. The van der Waals surface area contributed by atoms with Crippen LogP contribution in [0, 0.1) is 19.8 Å². The number of carbonyl (C=O) groups excluding carboxylic acids is 3. The SMILES string of the molecule is Cc1ccc(N2C[C@@H](C(=O)O[C@@H](C)C(=O)c3ccccc3)CC2=O)cc1C. The van der Waals surface area contributed by atoms with E-state index in [1.54, 1.807) is 36.1 Å². The van der Waals surface area contributed by atoms with Gasteiger partial charge < -0.3 is 9.64 Å². The van der Waals surface area contributed by atoms with E-state index in [1.165, 1.54) is 0 Å². The predicted molar refractivity (Wildman–Crippen MR) is 103 cm³/mol. The third-order valence-electron chi connectivity index (χ3n) is 4.98. The van der Waals surface area contributed by atoms with Gasteiger partial charge in [0.1, 0.15) is 0 Å². The van der Waals surface area contributed by atoms with Crippen LogP contribution in [0.15, 0.2) is 48.5 Å². The summed E-state index contributed by atoms with van der Waals surface area (Å²) in [6, 6.07) is 14.5. The molecule has 0 aliphatic carbocycles. The van der Waals surface area contributed by atoms with Crippen molar-refractivity contribution in [1.82, 2.24) is 0 Å². The van der Waals surface area contributed by atoms with Crippen LogP contribution < -0.4 is 4.90 Å². The van der Waals surface area contributed by atoms with Crippen LogP contribution in [0.2, 0.25) is 0 Å². The van der Waals surface area contributed by atoms with Crippen LogP contribution in [-0.2, 0) is 14.3 Å². The minimum atomic E-state index is -0.884. The van der Waals surface area contributed by atoms with Crippen molar-refractivity contribution in [2.24, 2.45) is 5.92 Å². The number of Topliss-reactive ketones (excluding diaryl/α,β-unsaturated/α-hetero) is 1. The molecule has 1 aliphatic heterocycles. The van der Waals surface area contributed by atoms with E-state index in [2.05, 4.69) is 0 Å². The molecular weight excluding hydrogens is 342 g/mol. The zero-order chi connectivity index (χ0) is 19.6. The first-order valence-corrected chi connectivity index (χ1v) is 9.04. The Kier molecular flexibility index (Phi) is 5.40. The van der Waals surface area contributed by atoms with Gasteiger partial charge in [0, 0.05) is 24.2 Å². The Morgan fingerprint density at radius 3 is 2.44 bits per heavy atom. The number of aryl methyl sites for hydroxylation is 2. The molecule has 0 bridgehead atoms. The minimum absolute atomic E-state index is 0.0952. The van der Waals surface area contributed by atoms with Crippen molar-refractivity contribution in [2.45, 2.75) is 33.3 Å². The largest absolute Gasteiger partial charge is 0.454 e. The van der Waals surface area contributed by atoms with Crippen molar-refractivity contribution in [3.8, 4) is 0 Å². The molecule has 0 saturated carbocycles. The number of ketones is 1. The van der Waals surface area contributed by atoms with E-state index >= 15 is 0 Å². The summed E-state index contributed by atoms with van der Waals surface area (Å²) in [5.41, 5.74) is 3.52. The van der Waals surface area contributed by atoms with Crippen LogP contribution in [0.4, 0.5) is 5.69 Å². The highest BCUT2D eigenvalue weighted by Crippen LogP contribution is 2.27. The van der Waals surface area contributed by atoms with Crippen molar-refractivity contribution in [1.29, 1.82) is 0 Å². The number of esters is 1. The molecule has 5 nitrogen and oxygen atoms in total. The molecule has 0 unspecified atom stereocenters. The minimum Gasteiger partial charge on any atom is -0.454 e. The van der Waals surface area contributed by atoms with Crippen LogP contribution >= 0.6 is 0 Å². The summed E-state index contributed by atoms with van der Waals surface area (Å²) < 4.78 is 5.36. The van der Waals surface area contributed by atoms with Gasteiger partial charge in [-0.2, -0.15) is 0 Å². The summed E-state index contributed by atoms with van der Waals surface area (Å²) in [5.74, 6) is -1.43. The van der Waals surface area contributed by atoms with E-state index in [9.17, 15) is 14.4 Å². The highest BCUT2D eigenvalue weighted by atomic mass is 16.5. The van der Waals surface area contributed by atoms with Crippen molar-refractivity contribution >= 4 is 23.3 Å². The second kappa shape index (κ2) is 7.74. The smallest absolute Gasteiger partial charge is 0.312 e. The third-order valence-corrected chi connectivity index (χ3v) is 4.98.